The summed E-state index contributed by atoms with van der Waals surface area (Å²) in [6.45, 7) is 7.83. The molecule has 0 aliphatic rings. The van der Waals surface area contributed by atoms with Gasteiger partial charge in [0.05, 0.1) is 126 Å². The maximum absolute atomic E-state index is 10.8. The van der Waals surface area contributed by atoms with Crippen LogP contribution in [0.4, 0.5) is 0 Å². The Hall–Kier alpha value is -0.930. The molecule has 0 saturated carbocycles. The van der Waals surface area contributed by atoms with E-state index in [1.807, 2.05) is 0 Å². The number of ether oxygens (including phenoxy) is 10. The standard InChI is InChI=1S/C21H42O12/c1-24-21(23)20-33-19-18-32-17-16-31-15-14-30-13-12-29-11-10-28-9-8-27-7-6-26-5-4-25-3-2-22/h22H,2-20H2,1H3. The molecule has 0 unspecified atom stereocenters. The lowest BCUT2D eigenvalue weighted by Gasteiger charge is -2.08. The molecule has 0 spiro atoms. The summed E-state index contributed by atoms with van der Waals surface area (Å²) in [5.74, 6) is -0.407. The third-order valence-electron chi connectivity index (χ3n) is 3.66. The van der Waals surface area contributed by atoms with Gasteiger partial charge in [-0.15, -0.1) is 0 Å². The van der Waals surface area contributed by atoms with E-state index < -0.39 is 5.97 Å². The predicted molar refractivity (Wildman–Crippen MR) is 116 cm³/mol. The first-order valence-corrected chi connectivity index (χ1v) is 11.2. The topological polar surface area (TPSA) is 130 Å². The Labute approximate surface area is 196 Å². The van der Waals surface area contributed by atoms with Crippen LogP contribution in [-0.2, 0) is 52.2 Å². The highest BCUT2D eigenvalue weighted by Crippen LogP contribution is 1.86. The molecule has 0 aliphatic carbocycles. The van der Waals surface area contributed by atoms with E-state index >= 15 is 0 Å². The zero-order chi connectivity index (χ0) is 24.1. The third-order valence-corrected chi connectivity index (χ3v) is 3.66. The van der Waals surface area contributed by atoms with Crippen molar-refractivity contribution in [2.24, 2.45) is 0 Å². The lowest BCUT2D eigenvalue weighted by molar-refractivity contribution is -0.146. The van der Waals surface area contributed by atoms with E-state index in [4.69, 9.17) is 47.7 Å². The quantitative estimate of drug-likeness (QED) is 0.111. The molecule has 0 aliphatic heterocycles. The van der Waals surface area contributed by atoms with Gasteiger partial charge in [0.2, 0.25) is 0 Å². The van der Waals surface area contributed by atoms with Gasteiger partial charge in [-0.25, -0.2) is 4.79 Å². The Morgan fingerprint density at radius 1 is 0.455 bits per heavy atom. The number of carbonyl (C=O) groups excluding carboxylic acids is 1. The van der Waals surface area contributed by atoms with Crippen molar-refractivity contribution in [3.8, 4) is 0 Å². The van der Waals surface area contributed by atoms with Crippen LogP contribution in [0, 0.1) is 0 Å². The zero-order valence-corrected chi connectivity index (χ0v) is 19.9. The zero-order valence-electron chi connectivity index (χ0n) is 19.9. The second-order valence-electron chi connectivity index (χ2n) is 6.25. The van der Waals surface area contributed by atoms with Crippen molar-refractivity contribution in [2.75, 3.05) is 133 Å². The minimum Gasteiger partial charge on any atom is -0.467 e. The molecule has 0 radical (unpaired) electrons. The van der Waals surface area contributed by atoms with E-state index in [1.165, 1.54) is 7.11 Å². The fourth-order valence-corrected chi connectivity index (χ4v) is 2.04. The lowest BCUT2D eigenvalue weighted by Crippen LogP contribution is -2.16. The van der Waals surface area contributed by atoms with Crippen molar-refractivity contribution in [2.45, 2.75) is 0 Å². The number of aliphatic hydroxyl groups excluding tert-OH is 1. The van der Waals surface area contributed by atoms with Crippen LogP contribution >= 0.6 is 0 Å². The number of carbonyl (C=O) groups is 1. The fourth-order valence-electron chi connectivity index (χ4n) is 2.04. The lowest BCUT2D eigenvalue weighted by atomic mass is 10.6. The fraction of sp³-hybridized carbons (Fsp3) is 0.952. The second-order valence-corrected chi connectivity index (χ2v) is 6.25. The van der Waals surface area contributed by atoms with Crippen molar-refractivity contribution in [3.63, 3.8) is 0 Å². The summed E-state index contributed by atoms with van der Waals surface area (Å²) in [5, 5.41) is 8.54. The minimum atomic E-state index is -0.407. The smallest absolute Gasteiger partial charge is 0.331 e. The van der Waals surface area contributed by atoms with Gasteiger partial charge in [0.25, 0.3) is 0 Å². The van der Waals surface area contributed by atoms with E-state index in [9.17, 15) is 4.79 Å². The third kappa shape index (κ3) is 29.0. The summed E-state index contributed by atoms with van der Waals surface area (Å²) in [7, 11) is 1.31. The first kappa shape index (κ1) is 32.1. The van der Waals surface area contributed by atoms with Crippen molar-refractivity contribution in [1.82, 2.24) is 0 Å². The van der Waals surface area contributed by atoms with Crippen LogP contribution in [0.5, 0.6) is 0 Å². The molecule has 0 aromatic rings. The van der Waals surface area contributed by atoms with Crippen molar-refractivity contribution < 1.29 is 57.3 Å². The number of hydrogen-bond acceptors (Lipinski definition) is 12. The molecule has 0 rings (SSSR count). The Kier molecular flexibility index (Phi) is 28.3. The summed E-state index contributed by atoms with van der Waals surface area (Å²) in [4.78, 5) is 10.8. The van der Waals surface area contributed by atoms with E-state index in [0.29, 0.717) is 112 Å². The number of methoxy groups -OCH3 is 1. The van der Waals surface area contributed by atoms with Gasteiger partial charge in [0.15, 0.2) is 0 Å². The highest BCUT2D eigenvalue weighted by molar-refractivity contribution is 5.70. The summed E-state index contributed by atoms with van der Waals surface area (Å²) in [6, 6.07) is 0. The molecule has 0 saturated heterocycles. The molecule has 0 heterocycles. The molecule has 1 N–H and O–H groups in total. The van der Waals surface area contributed by atoms with Crippen molar-refractivity contribution in [1.29, 1.82) is 0 Å². The van der Waals surface area contributed by atoms with Crippen LogP contribution in [0.1, 0.15) is 0 Å². The van der Waals surface area contributed by atoms with Gasteiger partial charge in [0.1, 0.15) is 6.61 Å². The van der Waals surface area contributed by atoms with Gasteiger partial charge < -0.3 is 52.5 Å². The largest absolute Gasteiger partial charge is 0.467 e. The van der Waals surface area contributed by atoms with Gasteiger partial charge in [-0.05, 0) is 0 Å². The molecule has 0 bridgehead atoms. The van der Waals surface area contributed by atoms with E-state index in [0.717, 1.165) is 0 Å². The highest BCUT2D eigenvalue weighted by atomic mass is 16.6. The van der Waals surface area contributed by atoms with Gasteiger partial charge in [-0.2, -0.15) is 0 Å². The van der Waals surface area contributed by atoms with Crippen LogP contribution in [0.2, 0.25) is 0 Å². The van der Waals surface area contributed by atoms with Crippen LogP contribution in [-0.4, -0.2) is 144 Å². The molecule has 12 nitrogen and oxygen atoms in total. The molecule has 0 atom stereocenters. The molecular weight excluding hydrogens is 444 g/mol. The van der Waals surface area contributed by atoms with E-state index in [-0.39, 0.29) is 13.2 Å². The molecule has 33 heavy (non-hydrogen) atoms. The maximum Gasteiger partial charge on any atom is 0.331 e. The second kappa shape index (κ2) is 29.1. The Morgan fingerprint density at radius 3 is 0.939 bits per heavy atom. The Bertz CT molecular complexity index is 386. The average Bonchev–Trinajstić information content (AvgIpc) is 2.83. The van der Waals surface area contributed by atoms with Crippen molar-refractivity contribution in [3.05, 3.63) is 0 Å². The Balaban J connectivity index is 3.02. The van der Waals surface area contributed by atoms with Crippen LogP contribution in [0.15, 0.2) is 0 Å². The Morgan fingerprint density at radius 2 is 0.697 bits per heavy atom. The van der Waals surface area contributed by atoms with Crippen LogP contribution in [0.3, 0.4) is 0 Å². The maximum atomic E-state index is 10.8. The van der Waals surface area contributed by atoms with Crippen LogP contribution < -0.4 is 0 Å². The van der Waals surface area contributed by atoms with Gasteiger partial charge in [-0.1, -0.05) is 0 Å². The number of aliphatic hydroxyl groups is 1. The van der Waals surface area contributed by atoms with Crippen LogP contribution in [0.25, 0.3) is 0 Å². The molecule has 0 aromatic carbocycles. The van der Waals surface area contributed by atoms with Gasteiger partial charge >= 0.3 is 5.97 Å². The number of rotatable bonds is 28. The minimum absolute atomic E-state index is 0.0238. The van der Waals surface area contributed by atoms with Gasteiger partial charge in [-0.3, -0.25) is 0 Å². The molecule has 198 valence electrons. The molecule has 0 amide bonds. The molecule has 12 heteroatoms. The number of hydrogen-bond donors (Lipinski definition) is 1. The molecule has 0 fully saturated rings. The van der Waals surface area contributed by atoms with E-state index in [2.05, 4.69) is 4.74 Å². The SMILES string of the molecule is COC(=O)COCCOCCOCCOCCOCCOCCOCCOCCOCCO. The average molecular weight is 487 g/mol. The number of esters is 1. The van der Waals surface area contributed by atoms with Gasteiger partial charge in [0, 0.05) is 0 Å². The van der Waals surface area contributed by atoms with Crippen molar-refractivity contribution >= 4 is 5.97 Å². The molecular formula is C21H42O12. The summed E-state index contributed by atoms with van der Waals surface area (Å²) >= 11 is 0. The monoisotopic (exact) mass is 486 g/mol. The predicted octanol–water partition coefficient (Wildman–Crippen LogP) is -0.699. The highest BCUT2D eigenvalue weighted by Gasteiger charge is 1.99. The first-order chi connectivity index (χ1) is 16.3. The summed E-state index contributed by atoms with van der Waals surface area (Å²) in [6.07, 6.45) is 0. The van der Waals surface area contributed by atoms with E-state index in [1.54, 1.807) is 0 Å². The first-order valence-electron chi connectivity index (χ1n) is 11.2. The summed E-state index contributed by atoms with van der Waals surface area (Å²) in [5.41, 5.74) is 0. The summed E-state index contributed by atoms with van der Waals surface area (Å²) < 4.78 is 52.1. The normalized spacial score (nSPS) is 11.2. The molecule has 0 aromatic heterocycles.